The highest BCUT2D eigenvalue weighted by Gasteiger charge is 2.15. The monoisotopic (exact) mass is 310 g/mol. The van der Waals surface area contributed by atoms with Gasteiger partial charge in [-0.05, 0) is 18.1 Å². The summed E-state index contributed by atoms with van der Waals surface area (Å²) in [5.74, 6) is -1.43. The van der Waals surface area contributed by atoms with E-state index >= 15 is 0 Å². The van der Waals surface area contributed by atoms with E-state index < -0.39 is 5.76 Å². The van der Waals surface area contributed by atoms with Crippen LogP contribution in [0.2, 0.25) is 0 Å². The topological polar surface area (TPSA) is 63.8 Å². The molecule has 0 unspecified atom stereocenters. The number of alkyl halides is 2. The summed E-state index contributed by atoms with van der Waals surface area (Å²) in [4.78, 5) is 8.61. The number of nitrogens with zero attached hydrogens (tertiary/aromatic N) is 2. The highest BCUT2D eigenvalue weighted by atomic mass is 32.2. The first kappa shape index (κ1) is 15.5. The van der Waals surface area contributed by atoms with E-state index in [9.17, 15) is 8.78 Å². The zero-order chi connectivity index (χ0) is 15.4. The average molecular weight is 310 g/mol. The Hall–Kier alpha value is -1.89. The largest absolute Gasteiger partial charge is 0.383 e. The Morgan fingerprint density at radius 1 is 1.19 bits per heavy atom. The number of benzene rings is 1. The number of anilines is 3. The van der Waals surface area contributed by atoms with Crippen molar-refractivity contribution in [3.63, 3.8) is 0 Å². The van der Waals surface area contributed by atoms with E-state index in [4.69, 9.17) is 5.73 Å². The van der Waals surface area contributed by atoms with Crippen molar-refractivity contribution in [3.8, 4) is 0 Å². The van der Waals surface area contributed by atoms with Gasteiger partial charge in [-0.15, -0.1) is 0 Å². The van der Waals surface area contributed by atoms with Gasteiger partial charge in [0.15, 0.2) is 0 Å². The number of thioether (sulfide) groups is 1. The second kappa shape index (κ2) is 6.71. The van der Waals surface area contributed by atoms with Crippen molar-refractivity contribution in [2.45, 2.75) is 30.4 Å². The molecular weight excluding hydrogens is 294 g/mol. The molecule has 0 bridgehead atoms. The molecule has 1 heterocycles. The van der Waals surface area contributed by atoms with Crippen LogP contribution in [0.1, 0.15) is 25.3 Å². The molecule has 0 atom stereocenters. The minimum absolute atomic E-state index is 0.114. The summed E-state index contributed by atoms with van der Waals surface area (Å²) >= 11 is 0.492. The Morgan fingerprint density at radius 3 is 2.57 bits per heavy atom. The number of halogens is 2. The molecule has 3 N–H and O–H groups in total. The van der Waals surface area contributed by atoms with Crippen molar-refractivity contribution in [1.82, 2.24) is 9.97 Å². The van der Waals surface area contributed by atoms with Crippen LogP contribution < -0.4 is 11.1 Å². The second-order valence-corrected chi connectivity index (χ2v) is 5.71. The van der Waals surface area contributed by atoms with Crippen LogP contribution in [0.4, 0.5) is 26.1 Å². The molecule has 4 nitrogen and oxygen atoms in total. The Labute approximate surface area is 126 Å². The number of para-hydroxylation sites is 1. The third-order valence-electron chi connectivity index (χ3n) is 2.85. The lowest BCUT2D eigenvalue weighted by molar-refractivity contribution is 0.252. The SMILES string of the molecule is CC(C)c1c(N)ncnc1Nc1ccccc1SC(F)F. The Morgan fingerprint density at radius 2 is 1.90 bits per heavy atom. The fourth-order valence-electron chi connectivity index (χ4n) is 1.97. The Kier molecular flexibility index (Phi) is 4.95. The van der Waals surface area contributed by atoms with E-state index in [2.05, 4.69) is 15.3 Å². The van der Waals surface area contributed by atoms with Gasteiger partial charge in [-0.2, -0.15) is 8.78 Å². The lowest BCUT2D eigenvalue weighted by atomic mass is 10.0. The molecule has 7 heteroatoms. The minimum atomic E-state index is -2.48. The summed E-state index contributed by atoms with van der Waals surface area (Å²) in [6, 6.07) is 6.86. The molecule has 1 aromatic carbocycles. The van der Waals surface area contributed by atoms with E-state index in [-0.39, 0.29) is 5.92 Å². The molecule has 112 valence electrons. The first-order chi connectivity index (χ1) is 9.99. The zero-order valence-corrected chi connectivity index (χ0v) is 12.5. The Balaban J connectivity index is 2.37. The normalized spacial score (nSPS) is 11.1. The van der Waals surface area contributed by atoms with Gasteiger partial charge in [0.25, 0.3) is 5.76 Å². The van der Waals surface area contributed by atoms with Crippen molar-refractivity contribution in [1.29, 1.82) is 0 Å². The van der Waals surface area contributed by atoms with Crippen LogP contribution in [0.25, 0.3) is 0 Å². The van der Waals surface area contributed by atoms with E-state index in [1.807, 2.05) is 13.8 Å². The van der Waals surface area contributed by atoms with Crippen LogP contribution in [-0.2, 0) is 0 Å². The molecule has 2 rings (SSSR count). The van der Waals surface area contributed by atoms with Crippen molar-refractivity contribution < 1.29 is 8.78 Å². The molecule has 2 aromatic rings. The smallest absolute Gasteiger partial charge is 0.288 e. The maximum Gasteiger partial charge on any atom is 0.288 e. The van der Waals surface area contributed by atoms with E-state index in [0.29, 0.717) is 34.0 Å². The number of aromatic nitrogens is 2. The van der Waals surface area contributed by atoms with Gasteiger partial charge in [0, 0.05) is 10.5 Å². The third kappa shape index (κ3) is 3.81. The molecule has 0 radical (unpaired) electrons. The van der Waals surface area contributed by atoms with Gasteiger partial charge < -0.3 is 11.1 Å². The molecule has 0 aliphatic rings. The summed E-state index contributed by atoms with van der Waals surface area (Å²) in [5.41, 5.74) is 7.22. The summed E-state index contributed by atoms with van der Waals surface area (Å²) in [7, 11) is 0. The highest BCUT2D eigenvalue weighted by molar-refractivity contribution is 7.99. The fraction of sp³-hybridized carbons (Fsp3) is 0.286. The first-order valence-corrected chi connectivity index (χ1v) is 7.28. The van der Waals surface area contributed by atoms with Crippen LogP contribution in [0.15, 0.2) is 35.5 Å². The number of nitrogen functional groups attached to an aromatic ring is 1. The lowest BCUT2D eigenvalue weighted by Crippen LogP contribution is -2.07. The number of hydrogen-bond acceptors (Lipinski definition) is 5. The molecule has 0 saturated heterocycles. The molecule has 0 spiro atoms. The average Bonchev–Trinajstić information content (AvgIpc) is 2.40. The van der Waals surface area contributed by atoms with E-state index in [1.54, 1.807) is 24.3 Å². The summed E-state index contributed by atoms with van der Waals surface area (Å²) in [5, 5.41) is 3.08. The van der Waals surface area contributed by atoms with Crippen LogP contribution in [0.3, 0.4) is 0 Å². The molecule has 0 amide bonds. The van der Waals surface area contributed by atoms with Gasteiger partial charge in [0.2, 0.25) is 0 Å². The first-order valence-electron chi connectivity index (χ1n) is 6.40. The third-order valence-corrected chi connectivity index (χ3v) is 3.64. The highest BCUT2D eigenvalue weighted by Crippen LogP contribution is 2.35. The lowest BCUT2D eigenvalue weighted by Gasteiger charge is -2.16. The zero-order valence-electron chi connectivity index (χ0n) is 11.7. The van der Waals surface area contributed by atoms with Crippen molar-refractivity contribution >= 4 is 29.1 Å². The van der Waals surface area contributed by atoms with Gasteiger partial charge >= 0.3 is 0 Å². The predicted molar refractivity (Wildman–Crippen MR) is 82.1 cm³/mol. The Bertz CT molecular complexity index is 620. The van der Waals surface area contributed by atoms with Crippen LogP contribution in [0, 0.1) is 0 Å². The molecule has 0 fully saturated rings. The predicted octanol–water partition coefficient (Wildman–Crippen LogP) is 4.24. The molecule has 1 aromatic heterocycles. The molecule has 0 saturated carbocycles. The second-order valence-electron chi connectivity index (χ2n) is 4.68. The molecule has 0 aliphatic heterocycles. The quantitative estimate of drug-likeness (QED) is 0.809. The molecular formula is C14H16F2N4S. The van der Waals surface area contributed by atoms with Gasteiger partial charge in [-0.25, -0.2) is 9.97 Å². The maximum atomic E-state index is 12.6. The number of rotatable bonds is 5. The van der Waals surface area contributed by atoms with Crippen molar-refractivity contribution in [3.05, 3.63) is 36.2 Å². The van der Waals surface area contributed by atoms with Gasteiger partial charge in [0.05, 0.1) is 5.69 Å². The standard InChI is InChI=1S/C14H16F2N4S/c1-8(2)11-12(17)18-7-19-13(11)20-9-5-3-4-6-10(9)21-14(15)16/h3-8,14H,1-2H3,(H3,17,18,19,20). The van der Waals surface area contributed by atoms with Gasteiger partial charge in [-0.3, -0.25) is 0 Å². The van der Waals surface area contributed by atoms with E-state index in [1.165, 1.54) is 6.33 Å². The van der Waals surface area contributed by atoms with Crippen LogP contribution in [-0.4, -0.2) is 15.7 Å². The maximum absolute atomic E-state index is 12.6. The molecule has 0 aliphatic carbocycles. The minimum Gasteiger partial charge on any atom is -0.383 e. The fourth-order valence-corrected chi connectivity index (χ4v) is 2.57. The number of hydrogen-bond donors (Lipinski definition) is 2. The van der Waals surface area contributed by atoms with E-state index in [0.717, 1.165) is 5.56 Å². The number of nitrogens with one attached hydrogen (secondary N) is 1. The van der Waals surface area contributed by atoms with Gasteiger partial charge in [-0.1, -0.05) is 37.7 Å². The number of nitrogens with two attached hydrogens (primary N) is 1. The van der Waals surface area contributed by atoms with Crippen molar-refractivity contribution in [2.75, 3.05) is 11.1 Å². The van der Waals surface area contributed by atoms with Crippen LogP contribution >= 0.6 is 11.8 Å². The van der Waals surface area contributed by atoms with Gasteiger partial charge in [0.1, 0.15) is 18.0 Å². The summed E-state index contributed by atoms with van der Waals surface area (Å²) in [6.45, 7) is 3.94. The molecule has 21 heavy (non-hydrogen) atoms. The summed E-state index contributed by atoms with van der Waals surface area (Å²) < 4.78 is 25.2. The van der Waals surface area contributed by atoms with Crippen LogP contribution in [0.5, 0.6) is 0 Å². The van der Waals surface area contributed by atoms with Crippen molar-refractivity contribution in [2.24, 2.45) is 0 Å². The summed E-state index contributed by atoms with van der Waals surface area (Å²) in [6.07, 6.45) is 1.35.